The molecule has 0 aromatic heterocycles. The first kappa shape index (κ1) is 33.7. The summed E-state index contributed by atoms with van der Waals surface area (Å²) in [5.74, 6) is -0.377. The van der Waals surface area contributed by atoms with E-state index in [-0.39, 0.29) is 25.0 Å². The average molecular weight is 533 g/mol. The Hall–Kier alpha value is -1.34. The van der Waals surface area contributed by atoms with Gasteiger partial charge in [-0.25, -0.2) is 0 Å². The quantitative estimate of drug-likeness (QED) is 0.110. The van der Waals surface area contributed by atoms with Crippen molar-refractivity contribution in [2.75, 3.05) is 52.4 Å². The molecule has 1 heterocycles. The maximum atomic E-state index is 13.2. The summed E-state index contributed by atoms with van der Waals surface area (Å²) in [6.07, 6.45) is 1.62. The molecule has 0 saturated carbocycles. The van der Waals surface area contributed by atoms with E-state index in [2.05, 4.69) is 5.32 Å². The molecule has 0 aliphatic carbocycles. The highest BCUT2D eigenvalue weighted by Gasteiger charge is 2.40. The highest BCUT2D eigenvalue weighted by molar-refractivity contribution is 5.96. The van der Waals surface area contributed by atoms with Gasteiger partial charge in [-0.2, -0.15) is 0 Å². The van der Waals surface area contributed by atoms with E-state index in [9.17, 15) is 35.1 Å². The van der Waals surface area contributed by atoms with Crippen molar-refractivity contribution in [2.45, 2.75) is 103 Å². The van der Waals surface area contributed by atoms with Crippen molar-refractivity contribution in [2.24, 2.45) is 0 Å². The van der Waals surface area contributed by atoms with Crippen LogP contribution in [0.2, 0.25) is 0 Å². The highest BCUT2D eigenvalue weighted by atomic mass is 16.3. The molecule has 0 aromatic carbocycles. The van der Waals surface area contributed by atoms with Gasteiger partial charge in [0.25, 0.3) is 0 Å². The number of nitrogens with one attached hydrogen (secondary N) is 1. The van der Waals surface area contributed by atoms with Crippen LogP contribution in [0.25, 0.3) is 0 Å². The van der Waals surface area contributed by atoms with Crippen LogP contribution in [0.5, 0.6) is 0 Å². The lowest BCUT2D eigenvalue weighted by Gasteiger charge is -2.40. The highest BCUT2D eigenvalue weighted by Crippen LogP contribution is 2.19. The number of piperazine rings is 1. The molecule has 218 valence electrons. The van der Waals surface area contributed by atoms with Gasteiger partial charge < -0.3 is 35.7 Å². The summed E-state index contributed by atoms with van der Waals surface area (Å²) in [6.45, 7) is 10.0. The molecule has 11 nitrogen and oxygen atoms in total. The molecule has 6 atom stereocenters. The Balaban J connectivity index is 2.63. The Morgan fingerprint density at radius 1 is 0.757 bits per heavy atom. The zero-order chi connectivity index (χ0) is 28.0. The molecule has 1 rings (SSSR count). The first-order chi connectivity index (χ1) is 17.4. The Morgan fingerprint density at radius 2 is 1.27 bits per heavy atom. The van der Waals surface area contributed by atoms with Crippen molar-refractivity contribution in [3.63, 3.8) is 0 Å². The number of carbonyl (C=O) groups is 2. The third-order valence-electron chi connectivity index (χ3n) is 6.44. The number of amides is 2. The molecule has 0 bridgehead atoms. The number of hydrogen-bond acceptors (Lipinski definition) is 9. The number of rotatable bonds is 20. The maximum absolute atomic E-state index is 13.2. The molecular weight excluding hydrogens is 480 g/mol. The van der Waals surface area contributed by atoms with E-state index in [0.717, 1.165) is 12.8 Å². The number of aliphatic hydroxyl groups is 5. The maximum Gasteiger partial charge on any atom is 0.245 e. The Morgan fingerprint density at radius 3 is 1.78 bits per heavy atom. The van der Waals surface area contributed by atoms with Gasteiger partial charge in [0, 0.05) is 32.7 Å². The SMILES string of the molecule is CC(O)CN(CCO)CCCCC1NC(=O)C(CCCCN(CC(C)O)CC(C)O)N(CC(C)O)C1=O. The predicted octanol–water partition coefficient (Wildman–Crippen LogP) is -0.858. The summed E-state index contributed by atoms with van der Waals surface area (Å²) in [5.41, 5.74) is 0. The molecular formula is C26H52N4O7. The molecule has 1 fully saturated rings. The van der Waals surface area contributed by atoms with E-state index in [1.54, 1.807) is 27.7 Å². The lowest BCUT2D eigenvalue weighted by molar-refractivity contribution is -0.151. The zero-order valence-electron chi connectivity index (χ0n) is 23.3. The summed E-state index contributed by atoms with van der Waals surface area (Å²) in [5, 5.41) is 51.1. The zero-order valence-corrected chi connectivity index (χ0v) is 23.3. The van der Waals surface area contributed by atoms with Crippen LogP contribution in [0, 0.1) is 0 Å². The molecule has 11 heteroatoms. The van der Waals surface area contributed by atoms with Crippen molar-refractivity contribution >= 4 is 11.8 Å². The van der Waals surface area contributed by atoms with Gasteiger partial charge in [-0.15, -0.1) is 0 Å². The first-order valence-corrected chi connectivity index (χ1v) is 13.8. The van der Waals surface area contributed by atoms with E-state index in [1.807, 2.05) is 9.80 Å². The molecule has 6 unspecified atom stereocenters. The minimum atomic E-state index is -0.752. The molecule has 1 saturated heterocycles. The topological polar surface area (TPSA) is 157 Å². The van der Waals surface area contributed by atoms with Crippen LogP contribution in [0.3, 0.4) is 0 Å². The number of β-amino-alcohol motifs (C(OH)–C–C–N with tert-alkyl or cyclic N) is 1. The van der Waals surface area contributed by atoms with Crippen LogP contribution in [0.15, 0.2) is 0 Å². The third kappa shape index (κ3) is 13.9. The van der Waals surface area contributed by atoms with Gasteiger partial charge in [0.05, 0.1) is 31.0 Å². The van der Waals surface area contributed by atoms with Crippen LogP contribution < -0.4 is 5.32 Å². The number of unbranched alkanes of at least 4 members (excludes halogenated alkanes) is 2. The van der Waals surface area contributed by atoms with Crippen molar-refractivity contribution in [1.82, 2.24) is 20.0 Å². The number of carbonyl (C=O) groups excluding carboxylic acids is 2. The minimum absolute atomic E-state index is 0.0126. The van der Waals surface area contributed by atoms with Gasteiger partial charge in [-0.05, 0) is 79.3 Å². The molecule has 1 aliphatic heterocycles. The second-order valence-electron chi connectivity index (χ2n) is 10.7. The summed E-state index contributed by atoms with van der Waals surface area (Å²) < 4.78 is 0. The third-order valence-corrected chi connectivity index (χ3v) is 6.44. The molecule has 2 amide bonds. The van der Waals surface area contributed by atoms with Gasteiger partial charge >= 0.3 is 0 Å². The fraction of sp³-hybridized carbons (Fsp3) is 0.923. The standard InChI is InChI=1S/C26H52N4O7/c1-19(32)15-28(13-14-31)11-7-5-9-23-26(37)30(18-22(4)35)24(25(36)27-23)10-6-8-12-29(16-20(2)33)17-21(3)34/h19-24,31-35H,5-18H2,1-4H3,(H,27,36). The molecule has 37 heavy (non-hydrogen) atoms. The largest absolute Gasteiger partial charge is 0.395 e. The smallest absolute Gasteiger partial charge is 0.245 e. The van der Waals surface area contributed by atoms with Crippen LogP contribution in [0.1, 0.15) is 66.2 Å². The van der Waals surface area contributed by atoms with E-state index in [1.165, 1.54) is 4.90 Å². The van der Waals surface area contributed by atoms with E-state index in [4.69, 9.17) is 0 Å². The second-order valence-corrected chi connectivity index (χ2v) is 10.7. The Bertz CT molecular complexity index is 638. The average Bonchev–Trinajstić information content (AvgIpc) is 2.77. The summed E-state index contributed by atoms with van der Waals surface area (Å²) >= 11 is 0. The number of hydrogen-bond donors (Lipinski definition) is 6. The lowest BCUT2D eigenvalue weighted by atomic mass is 9.98. The molecule has 1 aliphatic rings. The fourth-order valence-electron chi connectivity index (χ4n) is 4.98. The molecule has 0 radical (unpaired) electrons. The molecule has 0 spiro atoms. The minimum Gasteiger partial charge on any atom is -0.395 e. The van der Waals surface area contributed by atoms with Crippen LogP contribution in [-0.2, 0) is 9.59 Å². The summed E-state index contributed by atoms with van der Waals surface area (Å²) in [4.78, 5) is 31.7. The first-order valence-electron chi connectivity index (χ1n) is 13.8. The van der Waals surface area contributed by atoms with E-state index in [0.29, 0.717) is 65.0 Å². The van der Waals surface area contributed by atoms with Crippen molar-refractivity contribution in [1.29, 1.82) is 0 Å². The predicted molar refractivity (Wildman–Crippen MR) is 142 cm³/mol. The van der Waals surface area contributed by atoms with Crippen molar-refractivity contribution in [3.05, 3.63) is 0 Å². The van der Waals surface area contributed by atoms with Crippen LogP contribution in [0.4, 0.5) is 0 Å². The van der Waals surface area contributed by atoms with Crippen LogP contribution in [-0.4, -0.2) is 141 Å². The van der Waals surface area contributed by atoms with Gasteiger partial charge in [-0.3, -0.25) is 19.4 Å². The molecule has 0 aromatic rings. The molecule has 6 N–H and O–H groups in total. The number of aliphatic hydroxyl groups excluding tert-OH is 5. The van der Waals surface area contributed by atoms with Crippen molar-refractivity contribution < 1.29 is 35.1 Å². The lowest BCUT2D eigenvalue weighted by Crippen LogP contribution is -2.64. The van der Waals surface area contributed by atoms with Crippen LogP contribution >= 0.6 is 0 Å². The van der Waals surface area contributed by atoms with Gasteiger partial charge in [0.1, 0.15) is 12.1 Å². The Kier molecular flexibility index (Phi) is 16.4. The van der Waals surface area contributed by atoms with Gasteiger partial charge in [0.2, 0.25) is 11.8 Å². The summed E-state index contributed by atoms with van der Waals surface area (Å²) in [7, 11) is 0. The number of nitrogens with zero attached hydrogens (tertiary/aromatic N) is 3. The summed E-state index contributed by atoms with van der Waals surface area (Å²) in [6, 6.07) is -1.26. The van der Waals surface area contributed by atoms with Gasteiger partial charge in [0.15, 0.2) is 0 Å². The fourth-order valence-corrected chi connectivity index (χ4v) is 4.98. The van der Waals surface area contributed by atoms with E-state index < -0.39 is 36.5 Å². The second kappa shape index (κ2) is 18.0. The van der Waals surface area contributed by atoms with E-state index >= 15 is 0 Å². The monoisotopic (exact) mass is 532 g/mol. The Labute approximate surface area is 222 Å². The van der Waals surface area contributed by atoms with Crippen molar-refractivity contribution in [3.8, 4) is 0 Å². The van der Waals surface area contributed by atoms with Gasteiger partial charge in [-0.1, -0.05) is 0 Å². The normalized spacial score (nSPS) is 21.9.